The summed E-state index contributed by atoms with van der Waals surface area (Å²) >= 11 is 5.72. The highest BCUT2D eigenvalue weighted by Crippen LogP contribution is 2.29. The molecule has 0 atom stereocenters. The van der Waals surface area contributed by atoms with Crippen LogP contribution in [0.1, 0.15) is 6.92 Å². The molecule has 0 spiro atoms. The molecule has 0 unspecified atom stereocenters. The van der Waals surface area contributed by atoms with E-state index in [1.54, 1.807) is 24.3 Å². The molecule has 0 aromatic heterocycles. The van der Waals surface area contributed by atoms with Crippen LogP contribution in [0, 0.1) is 10.1 Å². The highest BCUT2D eigenvalue weighted by Gasteiger charge is 2.16. The maximum Gasteiger partial charge on any atom is 0.312 e. The summed E-state index contributed by atoms with van der Waals surface area (Å²) in [4.78, 5) is 22.1. The van der Waals surface area contributed by atoms with Crippen LogP contribution in [-0.4, -0.2) is 37.2 Å². The Balaban J connectivity index is 1.71. The van der Waals surface area contributed by atoms with Gasteiger partial charge in [-0.3, -0.25) is 14.9 Å². The van der Waals surface area contributed by atoms with Gasteiger partial charge in [0.05, 0.1) is 18.1 Å². The number of nitro groups is 1. The zero-order chi connectivity index (χ0) is 19.6. The second kappa shape index (κ2) is 10.2. The Morgan fingerprint density at radius 3 is 2.41 bits per heavy atom. The molecular formula is C18H19ClN2O6. The molecule has 0 bridgehead atoms. The summed E-state index contributed by atoms with van der Waals surface area (Å²) in [5.41, 5.74) is -0.297. The number of nitrogens with zero attached hydrogens (tertiary/aromatic N) is 1. The van der Waals surface area contributed by atoms with E-state index < -0.39 is 10.8 Å². The van der Waals surface area contributed by atoms with E-state index in [1.807, 2.05) is 6.92 Å². The molecule has 144 valence electrons. The Bertz CT molecular complexity index is 782. The first-order chi connectivity index (χ1) is 13.0. The first kappa shape index (κ1) is 20.3. The molecule has 0 fully saturated rings. The Kier molecular flexibility index (Phi) is 7.69. The van der Waals surface area contributed by atoms with E-state index in [9.17, 15) is 14.9 Å². The summed E-state index contributed by atoms with van der Waals surface area (Å²) in [5.74, 6) is 0.965. The molecule has 0 aliphatic heterocycles. The smallest absolute Gasteiger partial charge is 0.312 e. The Hall–Kier alpha value is -3.00. The molecule has 0 saturated heterocycles. The van der Waals surface area contributed by atoms with E-state index >= 15 is 0 Å². The number of hydrogen-bond acceptors (Lipinski definition) is 6. The second-order valence-electron chi connectivity index (χ2n) is 5.26. The third-order valence-corrected chi connectivity index (χ3v) is 3.54. The average Bonchev–Trinajstić information content (AvgIpc) is 2.65. The van der Waals surface area contributed by atoms with Gasteiger partial charge in [0.2, 0.25) is 0 Å². The fraction of sp³-hybridized carbons (Fsp3) is 0.278. The normalized spacial score (nSPS) is 10.1. The summed E-state index contributed by atoms with van der Waals surface area (Å²) in [6.45, 7) is 2.67. The summed E-state index contributed by atoms with van der Waals surface area (Å²) in [7, 11) is 0. The lowest BCUT2D eigenvalue weighted by atomic mass is 10.3. The topological polar surface area (TPSA) is 99.9 Å². The first-order valence-corrected chi connectivity index (χ1v) is 8.56. The van der Waals surface area contributed by atoms with Crippen LogP contribution in [0.4, 0.5) is 5.69 Å². The van der Waals surface area contributed by atoms with Gasteiger partial charge in [0, 0.05) is 11.1 Å². The summed E-state index contributed by atoms with van der Waals surface area (Å²) < 4.78 is 16.0. The van der Waals surface area contributed by atoms with Gasteiger partial charge in [-0.15, -0.1) is 0 Å². The van der Waals surface area contributed by atoms with E-state index in [0.717, 1.165) is 5.75 Å². The number of carbonyl (C=O) groups is 1. The zero-order valence-corrected chi connectivity index (χ0v) is 15.4. The predicted octanol–water partition coefficient (Wildman–Crippen LogP) is 3.22. The number of amides is 1. The van der Waals surface area contributed by atoms with Crippen LogP contribution in [-0.2, 0) is 4.79 Å². The molecule has 8 nitrogen and oxygen atoms in total. The molecule has 9 heteroatoms. The number of benzene rings is 2. The summed E-state index contributed by atoms with van der Waals surface area (Å²) in [6.07, 6.45) is 0. The number of nitro benzene ring substituents is 1. The van der Waals surface area contributed by atoms with Crippen LogP contribution in [0.15, 0.2) is 42.5 Å². The minimum Gasteiger partial charge on any atom is -0.494 e. The highest BCUT2D eigenvalue weighted by atomic mass is 35.5. The van der Waals surface area contributed by atoms with Crippen molar-refractivity contribution >= 4 is 23.2 Å². The molecule has 0 heterocycles. The van der Waals surface area contributed by atoms with E-state index in [-0.39, 0.29) is 36.2 Å². The fourth-order valence-corrected chi connectivity index (χ4v) is 2.27. The largest absolute Gasteiger partial charge is 0.494 e. The van der Waals surface area contributed by atoms with Crippen molar-refractivity contribution in [1.29, 1.82) is 0 Å². The van der Waals surface area contributed by atoms with E-state index in [1.165, 1.54) is 18.2 Å². The first-order valence-electron chi connectivity index (χ1n) is 8.18. The zero-order valence-electron chi connectivity index (χ0n) is 14.6. The van der Waals surface area contributed by atoms with Crippen molar-refractivity contribution in [3.8, 4) is 17.2 Å². The number of rotatable bonds is 10. The third kappa shape index (κ3) is 6.67. The van der Waals surface area contributed by atoms with Crippen molar-refractivity contribution in [1.82, 2.24) is 5.32 Å². The monoisotopic (exact) mass is 394 g/mol. The van der Waals surface area contributed by atoms with Gasteiger partial charge in [0.15, 0.2) is 12.4 Å². The van der Waals surface area contributed by atoms with Gasteiger partial charge in [-0.2, -0.15) is 0 Å². The Morgan fingerprint density at radius 2 is 1.78 bits per heavy atom. The van der Waals surface area contributed by atoms with Crippen LogP contribution in [0.5, 0.6) is 17.2 Å². The van der Waals surface area contributed by atoms with E-state index in [0.29, 0.717) is 12.4 Å². The maximum absolute atomic E-state index is 11.8. The lowest BCUT2D eigenvalue weighted by molar-refractivity contribution is -0.385. The number of carbonyl (C=O) groups excluding carboxylic acids is 1. The Labute approximate surface area is 161 Å². The molecule has 0 aliphatic carbocycles. The van der Waals surface area contributed by atoms with Crippen molar-refractivity contribution in [2.75, 3.05) is 26.4 Å². The number of halogens is 1. The third-order valence-electron chi connectivity index (χ3n) is 3.30. The second-order valence-corrected chi connectivity index (χ2v) is 5.70. The molecule has 1 amide bonds. The van der Waals surface area contributed by atoms with Gasteiger partial charge < -0.3 is 19.5 Å². The maximum atomic E-state index is 11.8. The quantitative estimate of drug-likeness (QED) is 0.377. The molecule has 1 N–H and O–H groups in total. The molecule has 27 heavy (non-hydrogen) atoms. The van der Waals surface area contributed by atoms with Crippen LogP contribution in [0.25, 0.3) is 0 Å². The molecule has 0 saturated carbocycles. The van der Waals surface area contributed by atoms with Gasteiger partial charge in [0.25, 0.3) is 5.91 Å². The fourth-order valence-electron chi connectivity index (χ4n) is 2.11. The minimum atomic E-state index is -0.621. The lowest BCUT2D eigenvalue weighted by Crippen LogP contribution is -2.32. The van der Waals surface area contributed by atoms with Crippen molar-refractivity contribution < 1.29 is 23.9 Å². The van der Waals surface area contributed by atoms with Gasteiger partial charge in [0.1, 0.15) is 18.1 Å². The Morgan fingerprint density at radius 1 is 1.11 bits per heavy atom. The van der Waals surface area contributed by atoms with Crippen LogP contribution in [0.3, 0.4) is 0 Å². The van der Waals surface area contributed by atoms with Gasteiger partial charge in [-0.25, -0.2) is 0 Å². The molecule has 2 aromatic rings. The predicted molar refractivity (Wildman–Crippen MR) is 99.7 cm³/mol. The molecular weight excluding hydrogens is 376 g/mol. The summed E-state index contributed by atoms with van der Waals surface area (Å²) in [5, 5.41) is 13.8. The standard InChI is InChI=1S/C18H19ClN2O6/c1-2-25-14-4-6-15(7-5-14)26-10-9-20-18(22)12-27-17-8-3-13(19)11-16(17)21(23)24/h3-8,11H,2,9-10,12H2,1H3,(H,20,22). The number of nitrogens with one attached hydrogen (secondary N) is 1. The molecule has 0 radical (unpaired) electrons. The van der Waals surface area contributed by atoms with Crippen LogP contribution >= 0.6 is 11.6 Å². The number of ether oxygens (including phenoxy) is 3. The summed E-state index contributed by atoms with van der Waals surface area (Å²) in [6, 6.07) is 11.1. The van der Waals surface area contributed by atoms with Gasteiger partial charge in [-0.05, 0) is 43.3 Å². The minimum absolute atomic E-state index is 0.0230. The van der Waals surface area contributed by atoms with Crippen LogP contribution < -0.4 is 19.5 Å². The molecule has 0 aliphatic rings. The number of hydrogen-bond donors (Lipinski definition) is 1. The van der Waals surface area contributed by atoms with Crippen molar-refractivity contribution in [2.45, 2.75) is 6.92 Å². The average molecular weight is 395 g/mol. The van der Waals surface area contributed by atoms with Gasteiger partial charge >= 0.3 is 5.69 Å². The van der Waals surface area contributed by atoms with Crippen molar-refractivity contribution in [2.24, 2.45) is 0 Å². The lowest BCUT2D eigenvalue weighted by Gasteiger charge is -2.10. The van der Waals surface area contributed by atoms with E-state index in [4.69, 9.17) is 25.8 Å². The SMILES string of the molecule is CCOc1ccc(OCCNC(=O)COc2ccc(Cl)cc2[N+](=O)[O-])cc1. The van der Waals surface area contributed by atoms with Crippen LogP contribution in [0.2, 0.25) is 5.02 Å². The molecule has 2 rings (SSSR count). The van der Waals surface area contributed by atoms with E-state index in [2.05, 4.69) is 5.32 Å². The van der Waals surface area contributed by atoms with Crippen molar-refractivity contribution in [3.63, 3.8) is 0 Å². The highest BCUT2D eigenvalue weighted by molar-refractivity contribution is 6.30. The van der Waals surface area contributed by atoms with Gasteiger partial charge in [-0.1, -0.05) is 11.6 Å². The molecule has 2 aromatic carbocycles. The van der Waals surface area contributed by atoms with Crippen molar-refractivity contribution in [3.05, 3.63) is 57.6 Å².